The molecule has 0 bridgehead atoms. The predicted molar refractivity (Wildman–Crippen MR) is 238 cm³/mol. The average Bonchev–Trinajstić information content (AvgIpc) is 3.38. The van der Waals surface area contributed by atoms with Gasteiger partial charge in [0.05, 0.1) is 23.4 Å². The maximum Gasteiger partial charge on any atom is 0.0992 e. The van der Waals surface area contributed by atoms with E-state index in [9.17, 15) is 0 Å². The Morgan fingerprint density at radius 3 is 1.63 bits per heavy atom. The molecule has 4 aliphatic rings. The number of hydrogen-bond acceptors (Lipinski definition) is 5. The number of likely N-dealkylation sites (tertiary alicyclic amines) is 2. The van der Waals surface area contributed by atoms with E-state index in [2.05, 4.69) is 108 Å². The Balaban J connectivity index is 0.000000165. The summed E-state index contributed by atoms with van der Waals surface area (Å²) in [5.41, 5.74) is 14.3. The quantitative estimate of drug-likeness (QED) is 0.177. The highest BCUT2D eigenvalue weighted by Crippen LogP contribution is 2.46. The second-order valence-electron chi connectivity index (χ2n) is 16.2. The summed E-state index contributed by atoms with van der Waals surface area (Å²) < 4.78 is 2.07. The number of aryl methyl sites for hydroxylation is 1. The van der Waals surface area contributed by atoms with E-state index in [4.69, 9.17) is 33.2 Å². The lowest BCUT2D eigenvalue weighted by Crippen LogP contribution is -2.33. The minimum atomic E-state index is 0.270. The van der Waals surface area contributed by atoms with Crippen molar-refractivity contribution >= 4 is 52.7 Å². The first-order valence-corrected chi connectivity index (χ1v) is 21.0. The van der Waals surface area contributed by atoms with E-state index in [1.165, 1.54) is 70.5 Å². The van der Waals surface area contributed by atoms with Gasteiger partial charge in [-0.2, -0.15) is 0 Å². The maximum atomic E-state index is 6.52. The van der Waals surface area contributed by atoms with Crippen LogP contribution in [0.25, 0.3) is 29.5 Å². The number of imidazole rings is 1. The lowest BCUT2D eigenvalue weighted by atomic mass is 9.76. The maximum absolute atomic E-state index is 6.52. The molecule has 57 heavy (non-hydrogen) atoms. The topological polar surface area (TPSA) is 50.1 Å². The van der Waals surface area contributed by atoms with E-state index < -0.39 is 0 Å². The van der Waals surface area contributed by atoms with Gasteiger partial charge in [0, 0.05) is 46.2 Å². The number of fused-ring (bicyclic) bond motifs is 4. The van der Waals surface area contributed by atoms with Crippen LogP contribution in [-0.4, -0.2) is 69.6 Å². The summed E-state index contributed by atoms with van der Waals surface area (Å²) in [5.74, 6) is 1.75. The molecule has 292 valence electrons. The number of aromatic nitrogens is 4. The van der Waals surface area contributed by atoms with E-state index in [0.29, 0.717) is 17.8 Å². The zero-order chi connectivity index (χ0) is 39.6. The van der Waals surface area contributed by atoms with Crippen LogP contribution in [0.1, 0.15) is 93.7 Å². The molecule has 2 fully saturated rings. The predicted octanol–water partition coefficient (Wildman–Crippen LogP) is 11.3. The Morgan fingerprint density at radius 1 is 0.667 bits per heavy atom. The molecule has 0 radical (unpaired) electrons. The van der Waals surface area contributed by atoms with Gasteiger partial charge in [-0.15, -0.1) is 0 Å². The molecule has 0 spiro atoms. The average molecular weight is 796 g/mol. The number of pyridine rings is 2. The number of rotatable bonds is 5. The molecule has 0 N–H and O–H groups in total. The summed E-state index contributed by atoms with van der Waals surface area (Å²) in [4.78, 5) is 19.0. The van der Waals surface area contributed by atoms with Gasteiger partial charge < -0.3 is 14.4 Å². The van der Waals surface area contributed by atoms with Crippen molar-refractivity contribution in [2.45, 2.75) is 51.4 Å². The molecular weight excluding hydrogens is 743 g/mol. The van der Waals surface area contributed by atoms with Crippen molar-refractivity contribution in [3.63, 3.8) is 0 Å². The smallest absolute Gasteiger partial charge is 0.0992 e. The first-order chi connectivity index (χ1) is 27.7. The van der Waals surface area contributed by atoms with Crippen LogP contribution in [0.4, 0.5) is 0 Å². The molecule has 2 saturated heterocycles. The fourth-order valence-corrected chi connectivity index (χ4v) is 9.66. The number of nitrogens with zero attached hydrogens (tertiary/aromatic N) is 6. The molecule has 2 aliphatic heterocycles. The van der Waals surface area contributed by atoms with E-state index in [1.807, 2.05) is 56.0 Å². The van der Waals surface area contributed by atoms with Gasteiger partial charge in [0.25, 0.3) is 0 Å². The minimum absolute atomic E-state index is 0.270. The first-order valence-electron chi connectivity index (χ1n) is 20.3. The fourth-order valence-electron chi connectivity index (χ4n) is 9.32. The Labute approximate surface area is 348 Å². The van der Waals surface area contributed by atoms with Crippen LogP contribution in [0, 0.1) is 25.7 Å². The monoisotopic (exact) mass is 794 g/mol. The van der Waals surface area contributed by atoms with Gasteiger partial charge in [-0.1, -0.05) is 60.1 Å². The van der Waals surface area contributed by atoms with Crippen LogP contribution < -0.4 is 0 Å². The Bertz CT molecular complexity index is 2360. The van der Waals surface area contributed by atoms with Crippen molar-refractivity contribution in [2.24, 2.45) is 11.8 Å². The van der Waals surface area contributed by atoms with Crippen molar-refractivity contribution in [1.82, 2.24) is 29.3 Å². The van der Waals surface area contributed by atoms with E-state index >= 15 is 0 Å². The molecule has 2 aromatic carbocycles. The van der Waals surface area contributed by atoms with E-state index in [0.717, 1.165) is 58.8 Å². The highest BCUT2D eigenvalue weighted by Gasteiger charge is 2.35. The summed E-state index contributed by atoms with van der Waals surface area (Å²) in [6, 6.07) is 21.1. The van der Waals surface area contributed by atoms with Crippen LogP contribution in [-0.2, 0) is 0 Å². The minimum Gasteiger partial charge on any atom is -0.310 e. The molecule has 2 atom stereocenters. The van der Waals surface area contributed by atoms with Gasteiger partial charge in [0.2, 0.25) is 0 Å². The van der Waals surface area contributed by atoms with Gasteiger partial charge >= 0.3 is 0 Å². The molecule has 5 heterocycles. The Kier molecular flexibility index (Phi) is 11.8. The molecule has 0 amide bonds. The van der Waals surface area contributed by atoms with Crippen molar-refractivity contribution in [1.29, 1.82) is 0 Å². The third kappa shape index (κ3) is 8.24. The third-order valence-electron chi connectivity index (χ3n) is 12.7. The molecule has 6 nitrogen and oxygen atoms in total. The largest absolute Gasteiger partial charge is 0.310 e. The molecular formula is C49H52Cl2N6. The molecule has 3 aromatic heterocycles. The molecule has 5 aromatic rings. The Hall–Kier alpha value is -4.59. The second kappa shape index (κ2) is 17.1. The van der Waals surface area contributed by atoms with Gasteiger partial charge in [-0.05, 0) is 191 Å². The van der Waals surface area contributed by atoms with Crippen LogP contribution in [0.5, 0.6) is 0 Å². The first kappa shape index (κ1) is 39.2. The number of hydrogen-bond donors (Lipinski definition) is 0. The molecule has 9 rings (SSSR count). The highest BCUT2D eigenvalue weighted by molar-refractivity contribution is 6.31. The standard InChI is InChI=1S/C27H29ClN4.C22H23ClN2/c1-18-19(2)32(17-30-18)14-10-21-15-22-5-4-11-29-27(22)26(20-8-12-31(3)13-9-20)24-7-6-23(28)16-25(21)24;1-3-15-13-17-5-4-10-24-22(17)21(16-8-11-25(2)12-9-16)19-7-6-18(23)14-20(15)19/h4-7,10-11,14-17,20,26H,8-9,12-13H2,1-3H3;3-7,10,13-14,16,21H,1,8-9,11-12H2,2H3/b14-10+;. The van der Waals surface area contributed by atoms with Crippen LogP contribution in [0.3, 0.4) is 0 Å². The summed E-state index contributed by atoms with van der Waals surface area (Å²) in [7, 11) is 4.42. The lowest BCUT2D eigenvalue weighted by Gasteiger charge is -2.35. The second-order valence-corrected chi connectivity index (χ2v) is 17.1. The van der Waals surface area contributed by atoms with E-state index in [1.54, 1.807) is 0 Å². The summed E-state index contributed by atoms with van der Waals surface area (Å²) >= 11 is 12.8. The van der Waals surface area contributed by atoms with Gasteiger partial charge in [0.15, 0.2) is 0 Å². The molecule has 2 aliphatic carbocycles. The lowest BCUT2D eigenvalue weighted by molar-refractivity contribution is 0.206. The molecule has 8 heteroatoms. The zero-order valence-corrected chi connectivity index (χ0v) is 35.0. The fraction of sp³-hybridized carbons (Fsp3) is 0.327. The van der Waals surface area contributed by atoms with Crippen LogP contribution in [0.15, 0.2) is 98.1 Å². The number of halogens is 2. The number of allylic oxidation sites excluding steroid dienone is 4. The number of piperidine rings is 2. The van der Waals surface area contributed by atoms with Crippen LogP contribution in [0.2, 0.25) is 10.0 Å². The van der Waals surface area contributed by atoms with Crippen LogP contribution >= 0.6 is 23.2 Å². The molecule has 2 unspecified atom stereocenters. The van der Waals surface area contributed by atoms with E-state index in [-0.39, 0.29) is 5.92 Å². The van der Waals surface area contributed by atoms with Crippen molar-refractivity contribution in [3.8, 4) is 0 Å². The molecule has 0 saturated carbocycles. The summed E-state index contributed by atoms with van der Waals surface area (Å²) in [5, 5.41) is 1.53. The van der Waals surface area contributed by atoms with Gasteiger partial charge in [0.1, 0.15) is 0 Å². The van der Waals surface area contributed by atoms with Gasteiger partial charge in [-0.3, -0.25) is 9.97 Å². The Morgan fingerprint density at radius 2 is 1.16 bits per heavy atom. The SMILES string of the molecule is C=CC1=Cc2cccnc2C(C2CCN(C)CC2)c2ccc(Cl)cc21.Cc1ncn(/C=C/C2=Cc3cccnc3C(C3CCN(C)CC3)c3ccc(Cl)cc32)c1C. The normalized spacial score (nSPS) is 20.2. The van der Waals surface area contributed by atoms with Gasteiger partial charge in [-0.25, -0.2) is 4.98 Å². The number of benzene rings is 2. The third-order valence-corrected chi connectivity index (χ3v) is 13.1. The summed E-state index contributed by atoms with van der Waals surface area (Å²) in [6.07, 6.45) is 21.2. The van der Waals surface area contributed by atoms with Crippen molar-refractivity contribution in [3.05, 3.63) is 164 Å². The zero-order valence-electron chi connectivity index (χ0n) is 33.5. The summed E-state index contributed by atoms with van der Waals surface area (Å²) in [6.45, 7) is 12.7. The highest BCUT2D eigenvalue weighted by atomic mass is 35.5. The van der Waals surface area contributed by atoms with Crippen molar-refractivity contribution in [2.75, 3.05) is 40.3 Å². The van der Waals surface area contributed by atoms with Crippen molar-refractivity contribution < 1.29 is 0 Å².